The molecule has 10 atom stereocenters. The van der Waals surface area contributed by atoms with Crippen LogP contribution in [-0.2, 0) is 41.6 Å². The number of nitrogens with zero attached hydrogens (tertiary/aromatic N) is 4. The summed E-state index contributed by atoms with van der Waals surface area (Å²) in [6.45, 7) is 19.1. The van der Waals surface area contributed by atoms with Gasteiger partial charge < -0.3 is 47.0 Å². The van der Waals surface area contributed by atoms with Crippen molar-refractivity contribution in [3.8, 4) is 0 Å². The summed E-state index contributed by atoms with van der Waals surface area (Å²) >= 11 is 0. The molecule has 6 amide bonds. The maximum absolute atomic E-state index is 14.7. The van der Waals surface area contributed by atoms with Crippen molar-refractivity contribution in [3.05, 3.63) is 70.8 Å². The van der Waals surface area contributed by atoms with E-state index in [1.54, 1.807) is 37.7 Å². The zero-order valence-electron chi connectivity index (χ0n) is 45.4. The van der Waals surface area contributed by atoms with E-state index in [2.05, 4.69) is 71.3 Å². The van der Waals surface area contributed by atoms with Crippen molar-refractivity contribution in [3.63, 3.8) is 0 Å². The van der Waals surface area contributed by atoms with Crippen molar-refractivity contribution in [2.75, 3.05) is 66.5 Å². The Morgan fingerprint density at radius 1 is 0.575 bits per heavy atom. The number of likely N-dealkylation sites (N-methyl/N-ethyl adjacent to an activating group) is 2. The molecule has 3 saturated heterocycles. The highest BCUT2D eigenvalue weighted by Gasteiger charge is 2.46. The van der Waals surface area contributed by atoms with Crippen molar-refractivity contribution in [2.24, 2.45) is 10.8 Å². The van der Waals surface area contributed by atoms with E-state index in [4.69, 9.17) is 0 Å². The molecule has 3 fully saturated rings. The summed E-state index contributed by atoms with van der Waals surface area (Å²) in [6.07, 6.45) is 7.34. The maximum atomic E-state index is 14.7. The first-order valence-electron chi connectivity index (χ1n) is 27.2. The molecule has 7 N–H and O–H groups in total. The first-order chi connectivity index (χ1) is 34.7. The molecule has 73 heavy (non-hydrogen) atoms. The fourth-order valence-corrected chi connectivity index (χ4v) is 11.6. The predicted molar refractivity (Wildman–Crippen MR) is 284 cm³/mol. The molecule has 0 spiro atoms. The average molecular weight is 1010 g/mol. The van der Waals surface area contributed by atoms with Gasteiger partial charge in [-0.1, -0.05) is 90.1 Å². The van der Waals surface area contributed by atoms with Crippen molar-refractivity contribution < 1.29 is 28.8 Å². The molecule has 0 bridgehead atoms. The Balaban J connectivity index is 1.04. The molecule has 17 heteroatoms. The lowest BCUT2D eigenvalue weighted by Crippen LogP contribution is -2.66. The minimum absolute atomic E-state index is 0.135. The van der Waals surface area contributed by atoms with Gasteiger partial charge in [0.2, 0.25) is 35.4 Å². The Labute approximate surface area is 434 Å². The SMILES string of the molecule is CN[C@@H](C)C(=O)N[C@H](C(=O)N1CCN(C[C@H]2CC[C@@H](CN3CCN(C(=O)[C@@H](NC(=O)[C@H](C)NC)C(C)(C)C)[C@H](C(=O)N[C@@H]4CCCc5ccccc54)C3)N2)C[C@H]1C(=O)N[C@@H]1CCCc2ccccc21)C(C)(C)C. The van der Waals surface area contributed by atoms with E-state index in [1.165, 1.54) is 11.1 Å². The quantitative estimate of drug-likeness (QED) is 0.131. The molecular formula is C56H87N11O6. The third-order valence-corrected chi connectivity index (χ3v) is 16.2. The Kier molecular flexibility index (Phi) is 18.5. The lowest BCUT2D eigenvalue weighted by atomic mass is 9.85. The topological polar surface area (TPSA) is 200 Å². The van der Waals surface area contributed by atoms with Crippen LogP contribution in [-0.4, -0.2) is 170 Å². The van der Waals surface area contributed by atoms with Gasteiger partial charge in [-0.05, 0) is 112 Å². The van der Waals surface area contributed by atoms with Gasteiger partial charge in [0.1, 0.15) is 24.2 Å². The van der Waals surface area contributed by atoms with Crippen LogP contribution in [0.3, 0.4) is 0 Å². The van der Waals surface area contributed by atoms with Crippen LogP contribution in [0.1, 0.15) is 128 Å². The minimum Gasteiger partial charge on any atom is -0.347 e. The van der Waals surface area contributed by atoms with Crippen LogP contribution < -0.4 is 37.2 Å². The number of carbonyl (C=O) groups is 6. The van der Waals surface area contributed by atoms with Crippen molar-refractivity contribution in [1.82, 2.24) is 56.8 Å². The number of aryl methyl sites for hydroxylation is 2. The van der Waals surface area contributed by atoms with E-state index in [-0.39, 0.29) is 59.6 Å². The van der Waals surface area contributed by atoms with Crippen LogP contribution in [0.25, 0.3) is 0 Å². The van der Waals surface area contributed by atoms with Crippen LogP contribution in [0.15, 0.2) is 48.5 Å². The Hall–Kier alpha value is -4.94. The van der Waals surface area contributed by atoms with Crippen LogP contribution >= 0.6 is 0 Å². The molecule has 17 nitrogen and oxygen atoms in total. The summed E-state index contributed by atoms with van der Waals surface area (Å²) in [7, 11) is 3.42. The minimum atomic E-state index is -0.840. The van der Waals surface area contributed by atoms with Gasteiger partial charge in [-0.25, -0.2) is 0 Å². The van der Waals surface area contributed by atoms with E-state index in [1.807, 2.05) is 65.8 Å². The Bertz CT molecular complexity index is 2120. The molecule has 402 valence electrons. The monoisotopic (exact) mass is 1010 g/mol. The number of piperazine rings is 2. The van der Waals surface area contributed by atoms with Gasteiger partial charge >= 0.3 is 0 Å². The summed E-state index contributed by atoms with van der Waals surface area (Å²) < 4.78 is 0. The van der Waals surface area contributed by atoms with E-state index >= 15 is 0 Å². The molecule has 2 aromatic rings. The molecular weight excluding hydrogens is 923 g/mol. The largest absolute Gasteiger partial charge is 0.347 e. The van der Waals surface area contributed by atoms with Gasteiger partial charge in [0, 0.05) is 64.4 Å². The third kappa shape index (κ3) is 13.7. The van der Waals surface area contributed by atoms with Gasteiger partial charge in [-0.2, -0.15) is 0 Å². The number of carbonyl (C=O) groups excluding carboxylic acids is 6. The van der Waals surface area contributed by atoms with Crippen LogP contribution in [0.4, 0.5) is 0 Å². The number of hydrogen-bond donors (Lipinski definition) is 7. The van der Waals surface area contributed by atoms with E-state index < -0.39 is 47.1 Å². The van der Waals surface area contributed by atoms with Gasteiger partial charge in [0.25, 0.3) is 0 Å². The second-order valence-electron chi connectivity index (χ2n) is 23.7. The molecule has 2 aromatic carbocycles. The molecule has 5 aliphatic rings. The fraction of sp³-hybridized carbons (Fsp3) is 0.679. The van der Waals surface area contributed by atoms with Gasteiger partial charge in [-0.3, -0.25) is 38.6 Å². The summed E-state index contributed by atoms with van der Waals surface area (Å²) in [6, 6.07) is 12.3. The lowest BCUT2D eigenvalue weighted by molar-refractivity contribution is -0.149. The van der Waals surface area contributed by atoms with Crippen LogP contribution in [0.5, 0.6) is 0 Å². The number of hydrogen-bond acceptors (Lipinski definition) is 11. The Morgan fingerprint density at radius 3 is 1.33 bits per heavy atom. The van der Waals surface area contributed by atoms with E-state index in [0.29, 0.717) is 52.4 Å². The summed E-state index contributed by atoms with van der Waals surface area (Å²) in [5.74, 6) is -1.44. The Morgan fingerprint density at radius 2 is 0.959 bits per heavy atom. The molecule has 0 saturated carbocycles. The second kappa shape index (κ2) is 24.2. The van der Waals surface area contributed by atoms with Crippen LogP contribution in [0, 0.1) is 10.8 Å². The van der Waals surface area contributed by atoms with Gasteiger partial charge in [0.15, 0.2) is 0 Å². The smallest absolute Gasteiger partial charge is 0.246 e. The van der Waals surface area contributed by atoms with Gasteiger partial charge in [0.05, 0.1) is 24.2 Å². The molecule has 0 radical (unpaired) electrons. The molecule has 3 aliphatic heterocycles. The highest BCUT2D eigenvalue weighted by molar-refractivity contribution is 5.95. The number of amides is 6. The molecule has 0 unspecified atom stereocenters. The highest BCUT2D eigenvalue weighted by atomic mass is 16.2. The molecule has 3 heterocycles. The second-order valence-corrected chi connectivity index (χ2v) is 23.7. The lowest BCUT2D eigenvalue weighted by Gasteiger charge is -2.45. The first-order valence-corrected chi connectivity index (χ1v) is 27.2. The molecule has 2 aliphatic carbocycles. The fourth-order valence-electron chi connectivity index (χ4n) is 11.6. The average Bonchev–Trinajstić information content (AvgIpc) is 3.81. The summed E-state index contributed by atoms with van der Waals surface area (Å²) in [5.41, 5.74) is 3.50. The zero-order valence-corrected chi connectivity index (χ0v) is 45.4. The van der Waals surface area contributed by atoms with Crippen molar-refractivity contribution in [2.45, 2.75) is 167 Å². The standard InChI is InChI=1S/C56H87N11O6/c1-35(57-9)49(68)62-47(55(3,4)5)53(72)66-29-27-64(33-45(66)51(70)60-43-23-15-19-37-17-11-13-21-41(37)43)31-39-25-26-40(59-39)32-65-28-30-67(54(73)48(56(6,7)8)63-50(69)36(2)58-10)46(34-65)52(71)61-44-24-16-20-38-18-12-14-22-42(38)44/h11-14,17-18,21-22,35-36,39-40,43-48,57-59H,15-16,19-20,23-34H2,1-10H3,(H,60,70)(H,61,71)(H,62,68)(H,63,69)/t35-,36-,39-,40+,43+,44+,45-,46-,47+,48+/m0/s1. The molecule has 0 aromatic heterocycles. The van der Waals surface area contributed by atoms with Gasteiger partial charge in [-0.15, -0.1) is 0 Å². The summed E-state index contributed by atoms with van der Waals surface area (Å²) in [4.78, 5) is 93.2. The number of rotatable bonds is 16. The highest BCUT2D eigenvalue weighted by Crippen LogP contribution is 2.33. The first kappa shape index (κ1) is 55.8. The summed E-state index contributed by atoms with van der Waals surface area (Å²) in [5, 5.41) is 22.6. The van der Waals surface area contributed by atoms with Crippen LogP contribution in [0.2, 0.25) is 0 Å². The van der Waals surface area contributed by atoms with E-state index in [0.717, 1.165) is 62.5 Å². The predicted octanol–water partition coefficient (Wildman–Crippen LogP) is 2.80. The van der Waals surface area contributed by atoms with Crippen molar-refractivity contribution >= 4 is 35.4 Å². The number of benzene rings is 2. The number of nitrogens with one attached hydrogen (secondary N) is 7. The van der Waals surface area contributed by atoms with E-state index in [9.17, 15) is 28.8 Å². The molecule has 7 rings (SSSR count). The maximum Gasteiger partial charge on any atom is 0.246 e. The van der Waals surface area contributed by atoms with Crippen molar-refractivity contribution in [1.29, 1.82) is 0 Å². The normalized spacial score (nSPS) is 25.6. The third-order valence-electron chi connectivity index (χ3n) is 16.2. The number of fused-ring (bicyclic) bond motifs is 2. The zero-order chi connectivity index (χ0) is 52.8.